The molecule has 0 amide bonds. The molecule has 1 rings (SSSR count). The smallest absolute Gasteiger partial charge is 0.179 e. The van der Waals surface area contributed by atoms with Gasteiger partial charge in [-0.15, -0.1) is 0 Å². The van der Waals surface area contributed by atoms with E-state index in [4.69, 9.17) is 8.57 Å². The van der Waals surface area contributed by atoms with Crippen LogP contribution in [0, 0.1) is 0 Å². The summed E-state index contributed by atoms with van der Waals surface area (Å²) < 4.78 is 9.71. The van der Waals surface area contributed by atoms with Crippen LogP contribution in [-0.4, -0.2) is 7.11 Å². The summed E-state index contributed by atoms with van der Waals surface area (Å²) >= 11 is 2.86. The lowest BCUT2D eigenvalue weighted by atomic mass is 10.3. The minimum Gasteiger partial charge on any atom is -0.497 e. The van der Waals surface area contributed by atoms with E-state index < -0.39 is 0 Å². The van der Waals surface area contributed by atoms with Crippen LogP contribution in [0.2, 0.25) is 0 Å². The molecule has 0 aliphatic rings. The number of halogens is 1. The Labute approximate surface area is 68.2 Å². The molecular formula is C7H7BrO2. The van der Waals surface area contributed by atoms with Gasteiger partial charge in [-0.3, -0.25) is 0 Å². The van der Waals surface area contributed by atoms with Crippen LogP contribution in [0.15, 0.2) is 24.3 Å². The average Bonchev–Trinajstić information content (AvgIpc) is 2.05. The first-order valence-electron chi connectivity index (χ1n) is 2.79. The Balaban J connectivity index is 2.80. The van der Waals surface area contributed by atoms with Gasteiger partial charge in [-0.05, 0) is 24.3 Å². The molecule has 0 atom stereocenters. The van der Waals surface area contributed by atoms with Crippen molar-refractivity contribution >= 4 is 16.3 Å². The highest BCUT2D eigenvalue weighted by atomic mass is 79.9. The van der Waals surface area contributed by atoms with Crippen LogP contribution in [0.5, 0.6) is 11.5 Å². The van der Waals surface area contributed by atoms with Crippen molar-refractivity contribution in [3.05, 3.63) is 24.3 Å². The van der Waals surface area contributed by atoms with Gasteiger partial charge in [0.2, 0.25) is 0 Å². The van der Waals surface area contributed by atoms with E-state index >= 15 is 0 Å². The van der Waals surface area contributed by atoms with E-state index in [9.17, 15) is 0 Å². The first-order chi connectivity index (χ1) is 4.86. The highest BCUT2D eigenvalue weighted by Gasteiger charge is 1.91. The summed E-state index contributed by atoms with van der Waals surface area (Å²) in [7, 11) is 1.63. The molecule has 1 aromatic rings. The van der Waals surface area contributed by atoms with E-state index in [1.54, 1.807) is 7.11 Å². The van der Waals surface area contributed by atoms with Gasteiger partial charge in [0.25, 0.3) is 0 Å². The highest BCUT2D eigenvalue weighted by Crippen LogP contribution is 2.17. The van der Waals surface area contributed by atoms with Crippen molar-refractivity contribution in [2.75, 3.05) is 7.11 Å². The third kappa shape index (κ3) is 1.64. The quantitative estimate of drug-likeness (QED) is 0.734. The molecule has 0 N–H and O–H groups in total. The summed E-state index contributed by atoms with van der Waals surface area (Å²) in [4.78, 5) is 0. The van der Waals surface area contributed by atoms with Gasteiger partial charge in [0.15, 0.2) is 16.3 Å². The van der Waals surface area contributed by atoms with Crippen LogP contribution in [0.3, 0.4) is 0 Å². The van der Waals surface area contributed by atoms with Crippen molar-refractivity contribution < 1.29 is 8.57 Å². The number of hydrogen-bond acceptors (Lipinski definition) is 2. The van der Waals surface area contributed by atoms with Gasteiger partial charge in [-0.2, -0.15) is 0 Å². The average molecular weight is 203 g/mol. The summed E-state index contributed by atoms with van der Waals surface area (Å²) in [6.45, 7) is 0. The molecular weight excluding hydrogens is 196 g/mol. The number of methoxy groups -OCH3 is 1. The van der Waals surface area contributed by atoms with E-state index in [1.165, 1.54) is 0 Å². The summed E-state index contributed by atoms with van der Waals surface area (Å²) in [6, 6.07) is 7.29. The largest absolute Gasteiger partial charge is 0.497 e. The number of rotatable bonds is 2. The fourth-order valence-electron chi connectivity index (χ4n) is 0.627. The normalized spacial score (nSPS) is 9.00. The van der Waals surface area contributed by atoms with E-state index in [1.807, 2.05) is 24.3 Å². The molecule has 0 saturated heterocycles. The van der Waals surface area contributed by atoms with Crippen LogP contribution < -0.4 is 8.57 Å². The van der Waals surface area contributed by atoms with Gasteiger partial charge in [-0.25, -0.2) is 0 Å². The van der Waals surface area contributed by atoms with Crippen molar-refractivity contribution in [2.45, 2.75) is 0 Å². The van der Waals surface area contributed by atoms with Crippen LogP contribution >= 0.6 is 16.3 Å². The SMILES string of the molecule is COc1ccc(OBr)cc1. The van der Waals surface area contributed by atoms with Gasteiger partial charge in [0.05, 0.1) is 7.11 Å². The van der Waals surface area contributed by atoms with E-state index in [0.29, 0.717) is 0 Å². The Morgan fingerprint density at radius 3 is 2.00 bits per heavy atom. The molecule has 0 saturated carbocycles. The van der Waals surface area contributed by atoms with Crippen molar-refractivity contribution in [3.8, 4) is 11.5 Å². The monoisotopic (exact) mass is 202 g/mol. The molecule has 54 valence electrons. The second kappa shape index (κ2) is 3.46. The maximum atomic E-state index is 4.94. The van der Waals surface area contributed by atoms with Crippen molar-refractivity contribution in [1.82, 2.24) is 0 Å². The van der Waals surface area contributed by atoms with E-state index in [-0.39, 0.29) is 0 Å². The Bertz CT molecular complexity index is 172. The first kappa shape index (κ1) is 7.41. The summed E-state index contributed by atoms with van der Waals surface area (Å²) in [5, 5.41) is 0. The fraction of sp³-hybridized carbons (Fsp3) is 0.143. The van der Waals surface area contributed by atoms with Crippen molar-refractivity contribution in [1.29, 1.82) is 0 Å². The zero-order valence-corrected chi connectivity index (χ0v) is 7.09. The molecule has 0 aliphatic heterocycles. The molecule has 0 spiro atoms. The lowest BCUT2D eigenvalue weighted by Crippen LogP contribution is -1.80. The Morgan fingerprint density at radius 2 is 1.60 bits per heavy atom. The third-order valence-electron chi connectivity index (χ3n) is 1.15. The molecule has 0 radical (unpaired) electrons. The number of hydrogen-bond donors (Lipinski definition) is 0. The summed E-state index contributed by atoms with van der Waals surface area (Å²) in [5.41, 5.74) is 0. The minimum atomic E-state index is 0.765. The molecule has 0 aliphatic carbocycles. The van der Waals surface area contributed by atoms with Crippen LogP contribution in [0.25, 0.3) is 0 Å². The molecule has 10 heavy (non-hydrogen) atoms. The maximum Gasteiger partial charge on any atom is 0.179 e. The topological polar surface area (TPSA) is 18.5 Å². The van der Waals surface area contributed by atoms with E-state index in [0.717, 1.165) is 11.5 Å². The van der Waals surface area contributed by atoms with Gasteiger partial charge in [0.1, 0.15) is 11.5 Å². The van der Waals surface area contributed by atoms with Crippen molar-refractivity contribution in [3.63, 3.8) is 0 Å². The first-order valence-corrected chi connectivity index (χ1v) is 3.44. The molecule has 0 aromatic heterocycles. The fourth-order valence-corrected chi connectivity index (χ4v) is 0.843. The molecule has 1 aromatic carbocycles. The molecule has 0 bridgehead atoms. The summed E-state index contributed by atoms with van der Waals surface area (Å²) in [6.07, 6.45) is 0. The van der Waals surface area contributed by atoms with Gasteiger partial charge >= 0.3 is 0 Å². The Hall–Kier alpha value is -0.700. The standard InChI is InChI=1S/C7H7BrO2/c1-9-6-2-4-7(10-8)5-3-6/h2-5H,1H3. The molecule has 3 heteroatoms. The lowest BCUT2D eigenvalue weighted by molar-refractivity contribution is 0.414. The number of ether oxygens (including phenoxy) is 1. The molecule has 0 heterocycles. The zero-order valence-electron chi connectivity index (χ0n) is 5.50. The Morgan fingerprint density at radius 1 is 1.10 bits per heavy atom. The third-order valence-corrected chi connectivity index (χ3v) is 1.52. The van der Waals surface area contributed by atoms with Crippen LogP contribution in [0.1, 0.15) is 0 Å². The van der Waals surface area contributed by atoms with Crippen LogP contribution in [-0.2, 0) is 0 Å². The van der Waals surface area contributed by atoms with Crippen molar-refractivity contribution in [2.24, 2.45) is 0 Å². The molecule has 0 fully saturated rings. The zero-order chi connectivity index (χ0) is 7.40. The van der Waals surface area contributed by atoms with Gasteiger partial charge in [0, 0.05) is 0 Å². The minimum absolute atomic E-state index is 0.765. The van der Waals surface area contributed by atoms with Gasteiger partial charge in [-0.1, -0.05) is 0 Å². The van der Waals surface area contributed by atoms with E-state index in [2.05, 4.69) is 16.3 Å². The van der Waals surface area contributed by atoms with Crippen LogP contribution in [0.4, 0.5) is 0 Å². The second-order valence-electron chi connectivity index (χ2n) is 1.75. The second-order valence-corrected chi connectivity index (χ2v) is 2.08. The van der Waals surface area contributed by atoms with Gasteiger partial charge < -0.3 is 8.57 Å². The predicted octanol–water partition coefficient (Wildman–Crippen LogP) is 2.38. The predicted molar refractivity (Wildman–Crippen MR) is 42.5 cm³/mol. The maximum absolute atomic E-state index is 4.94. The summed E-state index contributed by atoms with van der Waals surface area (Å²) in [5.74, 6) is 1.59. The number of benzene rings is 1. The lowest BCUT2D eigenvalue weighted by Gasteiger charge is -1.98. The molecule has 2 nitrogen and oxygen atoms in total. The molecule has 0 unspecified atom stereocenters. The Kier molecular flexibility index (Phi) is 2.57. The highest BCUT2D eigenvalue weighted by molar-refractivity contribution is 9.06.